The van der Waals surface area contributed by atoms with Gasteiger partial charge in [0.15, 0.2) is 0 Å². The smallest absolute Gasteiger partial charge is 0.416 e. The summed E-state index contributed by atoms with van der Waals surface area (Å²) in [4.78, 5) is 0. The van der Waals surface area contributed by atoms with Crippen molar-refractivity contribution in [2.75, 3.05) is 0 Å². The van der Waals surface area contributed by atoms with Crippen molar-refractivity contribution < 1.29 is 22.3 Å². The molecule has 0 spiro atoms. The van der Waals surface area contributed by atoms with Gasteiger partial charge in [0.25, 0.3) is 0 Å². The van der Waals surface area contributed by atoms with E-state index in [0.29, 0.717) is 0 Å². The summed E-state index contributed by atoms with van der Waals surface area (Å²) in [7, 11) is 0. The van der Waals surface area contributed by atoms with Crippen LogP contribution in [0.3, 0.4) is 0 Å². The van der Waals surface area contributed by atoms with E-state index in [1.807, 2.05) is 0 Å². The topological polar surface area (TPSA) is 33.0 Å². The molecule has 0 saturated heterocycles. The molecule has 0 aliphatic rings. The predicted octanol–water partition coefficient (Wildman–Crippen LogP) is 4.51. The third kappa shape index (κ3) is 3.26. The van der Waals surface area contributed by atoms with Gasteiger partial charge in [-0.25, -0.2) is 4.39 Å². The molecule has 2 aromatic carbocycles. The van der Waals surface area contributed by atoms with Crippen molar-refractivity contribution in [2.24, 2.45) is 0 Å². The molecule has 0 aromatic heterocycles. The molecule has 6 heteroatoms. The van der Waals surface area contributed by atoms with Crippen molar-refractivity contribution in [3.63, 3.8) is 0 Å². The Morgan fingerprint density at radius 2 is 1.60 bits per heavy atom. The zero-order valence-corrected chi connectivity index (χ0v) is 9.91. The third-order valence-electron chi connectivity index (χ3n) is 2.42. The van der Waals surface area contributed by atoms with Crippen molar-refractivity contribution in [3.8, 4) is 17.6 Å². The summed E-state index contributed by atoms with van der Waals surface area (Å²) >= 11 is 0. The van der Waals surface area contributed by atoms with E-state index in [1.165, 1.54) is 6.07 Å². The lowest BCUT2D eigenvalue weighted by molar-refractivity contribution is -0.137. The Kier molecular flexibility index (Phi) is 3.61. The van der Waals surface area contributed by atoms with Crippen molar-refractivity contribution in [1.82, 2.24) is 0 Å². The fraction of sp³-hybridized carbons (Fsp3) is 0.0714. The molecule has 0 radical (unpaired) electrons. The standard InChI is InChI=1S/C14H7F4NO/c15-11-5-9(8-19)6-13(7-11)20-12-3-1-10(2-4-12)14(16,17)18/h1-7H. The normalized spacial score (nSPS) is 10.9. The van der Waals surface area contributed by atoms with Crippen LogP contribution < -0.4 is 4.74 Å². The molecule has 0 aliphatic heterocycles. The van der Waals surface area contributed by atoms with Crippen LogP contribution in [0.1, 0.15) is 11.1 Å². The second kappa shape index (κ2) is 5.21. The van der Waals surface area contributed by atoms with E-state index in [0.717, 1.165) is 36.4 Å². The fourth-order valence-electron chi connectivity index (χ4n) is 1.53. The molecule has 0 aliphatic carbocycles. The minimum absolute atomic E-state index is 0.0429. The Labute approximate surface area is 111 Å². The summed E-state index contributed by atoms with van der Waals surface area (Å²) in [6.07, 6.45) is -4.43. The number of alkyl halides is 3. The maximum absolute atomic E-state index is 13.2. The number of ether oxygens (including phenoxy) is 1. The first-order valence-corrected chi connectivity index (χ1v) is 5.44. The Hall–Kier alpha value is -2.55. The largest absolute Gasteiger partial charge is 0.457 e. The molecule has 102 valence electrons. The monoisotopic (exact) mass is 281 g/mol. The van der Waals surface area contributed by atoms with Crippen molar-refractivity contribution in [3.05, 3.63) is 59.4 Å². The molecule has 2 rings (SSSR count). The molecule has 20 heavy (non-hydrogen) atoms. The molecule has 2 nitrogen and oxygen atoms in total. The molecule has 0 bridgehead atoms. The van der Waals surface area contributed by atoms with Crippen LogP contribution in [0, 0.1) is 17.1 Å². The van der Waals surface area contributed by atoms with Gasteiger partial charge in [0.2, 0.25) is 0 Å². The van der Waals surface area contributed by atoms with Gasteiger partial charge in [-0.1, -0.05) is 0 Å². The second-order valence-corrected chi connectivity index (χ2v) is 3.91. The number of hydrogen-bond donors (Lipinski definition) is 0. The number of nitrogens with zero attached hydrogens (tertiary/aromatic N) is 1. The third-order valence-corrected chi connectivity index (χ3v) is 2.42. The van der Waals surface area contributed by atoms with Gasteiger partial charge in [-0.15, -0.1) is 0 Å². The van der Waals surface area contributed by atoms with Gasteiger partial charge < -0.3 is 4.74 Å². The molecule has 2 aromatic rings. The van der Waals surface area contributed by atoms with E-state index in [2.05, 4.69) is 0 Å². The number of nitriles is 1. The van der Waals surface area contributed by atoms with Crippen molar-refractivity contribution in [1.29, 1.82) is 5.26 Å². The van der Waals surface area contributed by atoms with E-state index in [1.54, 1.807) is 6.07 Å². The van der Waals surface area contributed by atoms with Crippen LogP contribution >= 0.6 is 0 Å². The van der Waals surface area contributed by atoms with Gasteiger partial charge in [0, 0.05) is 6.07 Å². The minimum Gasteiger partial charge on any atom is -0.457 e. The van der Waals surface area contributed by atoms with E-state index >= 15 is 0 Å². The Balaban J connectivity index is 2.23. The van der Waals surface area contributed by atoms with Crippen molar-refractivity contribution in [2.45, 2.75) is 6.18 Å². The molecule has 0 fully saturated rings. The summed E-state index contributed by atoms with van der Waals surface area (Å²) in [5, 5.41) is 8.68. The molecule has 0 amide bonds. The SMILES string of the molecule is N#Cc1cc(F)cc(Oc2ccc(C(F)(F)F)cc2)c1. The minimum atomic E-state index is -4.43. The zero-order chi connectivity index (χ0) is 14.8. The van der Waals surface area contributed by atoms with Gasteiger partial charge >= 0.3 is 6.18 Å². The Morgan fingerprint density at radius 1 is 0.950 bits per heavy atom. The van der Waals surface area contributed by atoms with E-state index in [-0.39, 0.29) is 17.1 Å². The van der Waals surface area contributed by atoms with Crippen LogP contribution in [-0.4, -0.2) is 0 Å². The number of halogens is 4. The highest BCUT2D eigenvalue weighted by Crippen LogP contribution is 2.31. The average molecular weight is 281 g/mol. The fourth-order valence-corrected chi connectivity index (χ4v) is 1.53. The van der Waals surface area contributed by atoms with Gasteiger partial charge in [-0.3, -0.25) is 0 Å². The maximum Gasteiger partial charge on any atom is 0.416 e. The molecule has 0 unspecified atom stereocenters. The lowest BCUT2D eigenvalue weighted by Crippen LogP contribution is -2.04. The Morgan fingerprint density at radius 3 is 2.15 bits per heavy atom. The summed E-state index contributed by atoms with van der Waals surface area (Å²) < 4.78 is 55.5. The van der Waals surface area contributed by atoms with Crippen LogP contribution in [0.15, 0.2) is 42.5 Å². The number of rotatable bonds is 2. The van der Waals surface area contributed by atoms with Gasteiger partial charge in [0.1, 0.15) is 17.3 Å². The second-order valence-electron chi connectivity index (χ2n) is 3.91. The van der Waals surface area contributed by atoms with Crippen LogP contribution in [-0.2, 0) is 6.18 Å². The first-order valence-electron chi connectivity index (χ1n) is 5.44. The lowest BCUT2D eigenvalue weighted by Gasteiger charge is -2.09. The van der Waals surface area contributed by atoms with Gasteiger partial charge in [0.05, 0.1) is 17.2 Å². The lowest BCUT2D eigenvalue weighted by atomic mass is 10.2. The van der Waals surface area contributed by atoms with E-state index in [9.17, 15) is 17.6 Å². The summed E-state index contributed by atoms with van der Waals surface area (Å²) in [5.74, 6) is -0.500. The molecule has 0 N–H and O–H groups in total. The van der Waals surface area contributed by atoms with Crippen molar-refractivity contribution >= 4 is 0 Å². The summed E-state index contributed by atoms with van der Waals surface area (Å²) in [6.45, 7) is 0. The number of benzene rings is 2. The van der Waals surface area contributed by atoms with Crippen LogP contribution in [0.4, 0.5) is 17.6 Å². The quantitative estimate of drug-likeness (QED) is 0.759. The molecule has 0 atom stereocenters. The maximum atomic E-state index is 13.2. The summed E-state index contributed by atoms with van der Waals surface area (Å²) in [5.41, 5.74) is -0.742. The zero-order valence-electron chi connectivity index (χ0n) is 9.91. The van der Waals surface area contributed by atoms with Crippen LogP contribution in [0.2, 0.25) is 0 Å². The first kappa shape index (κ1) is 13.9. The summed E-state index contributed by atoms with van der Waals surface area (Å²) in [6, 6.07) is 9.09. The van der Waals surface area contributed by atoms with E-state index in [4.69, 9.17) is 10.00 Å². The van der Waals surface area contributed by atoms with Crippen LogP contribution in [0.5, 0.6) is 11.5 Å². The van der Waals surface area contributed by atoms with Crippen LogP contribution in [0.25, 0.3) is 0 Å². The average Bonchev–Trinajstić information content (AvgIpc) is 2.37. The highest BCUT2D eigenvalue weighted by atomic mass is 19.4. The number of hydrogen-bond acceptors (Lipinski definition) is 2. The molecule has 0 heterocycles. The predicted molar refractivity (Wildman–Crippen MR) is 62.6 cm³/mol. The molecule has 0 saturated carbocycles. The van der Waals surface area contributed by atoms with Gasteiger partial charge in [-0.2, -0.15) is 18.4 Å². The van der Waals surface area contributed by atoms with E-state index < -0.39 is 17.6 Å². The highest BCUT2D eigenvalue weighted by molar-refractivity contribution is 5.40. The first-order chi connectivity index (χ1) is 9.38. The molecular formula is C14H7F4NO. The molecular weight excluding hydrogens is 274 g/mol. The highest BCUT2D eigenvalue weighted by Gasteiger charge is 2.30. The van der Waals surface area contributed by atoms with Gasteiger partial charge in [-0.05, 0) is 36.4 Å². The Bertz CT molecular complexity index is 656.